The summed E-state index contributed by atoms with van der Waals surface area (Å²) in [5.74, 6) is -1.13. The molecule has 0 aliphatic heterocycles. The van der Waals surface area contributed by atoms with Gasteiger partial charge in [0, 0.05) is 12.6 Å². The summed E-state index contributed by atoms with van der Waals surface area (Å²) < 4.78 is 0. The van der Waals surface area contributed by atoms with Gasteiger partial charge in [-0.3, -0.25) is 4.79 Å². The van der Waals surface area contributed by atoms with Crippen molar-refractivity contribution in [2.75, 3.05) is 0 Å². The average molecular weight is 303 g/mol. The van der Waals surface area contributed by atoms with Gasteiger partial charge in [-0.25, -0.2) is 4.79 Å². The minimum atomic E-state index is -1.00. The zero-order valence-corrected chi connectivity index (χ0v) is 12.8. The minimum absolute atomic E-state index is 0.0353. The van der Waals surface area contributed by atoms with E-state index in [4.69, 9.17) is 5.11 Å². The third-order valence-electron chi connectivity index (χ3n) is 3.11. The molecule has 0 saturated carbocycles. The summed E-state index contributed by atoms with van der Waals surface area (Å²) in [4.78, 5) is 25.9. The number of carboxylic acids is 1. The van der Waals surface area contributed by atoms with Crippen molar-refractivity contribution in [1.82, 2.24) is 4.90 Å². The Morgan fingerprint density at radius 1 is 1.10 bits per heavy atom. The van der Waals surface area contributed by atoms with Crippen LogP contribution in [0.2, 0.25) is 0 Å². The van der Waals surface area contributed by atoms with Crippen molar-refractivity contribution in [2.45, 2.75) is 26.4 Å². The maximum absolute atomic E-state index is 12.6. The molecule has 1 N–H and O–H groups in total. The summed E-state index contributed by atoms with van der Waals surface area (Å²) in [6.07, 6.45) is 0. The number of nitrogens with zero attached hydrogens (tertiary/aromatic N) is 1. The second-order valence-corrected chi connectivity index (χ2v) is 6.07. The SMILES string of the molecule is CC(C)N(Cc1ccccc1)C(=O)c1ccc(C(=O)O)s1. The van der Waals surface area contributed by atoms with Crippen LogP contribution in [0.5, 0.6) is 0 Å². The van der Waals surface area contributed by atoms with Gasteiger partial charge in [0.2, 0.25) is 0 Å². The third-order valence-corrected chi connectivity index (χ3v) is 4.17. The largest absolute Gasteiger partial charge is 0.477 e. The number of carbonyl (C=O) groups excluding carboxylic acids is 1. The smallest absolute Gasteiger partial charge is 0.345 e. The summed E-state index contributed by atoms with van der Waals surface area (Å²) in [6.45, 7) is 4.41. The van der Waals surface area contributed by atoms with Crippen LogP contribution in [0.1, 0.15) is 38.8 Å². The number of benzene rings is 1. The number of thiophene rings is 1. The van der Waals surface area contributed by atoms with E-state index in [0.29, 0.717) is 11.4 Å². The lowest BCUT2D eigenvalue weighted by Gasteiger charge is -2.26. The molecule has 0 aliphatic rings. The van der Waals surface area contributed by atoms with Crippen LogP contribution in [-0.2, 0) is 6.54 Å². The van der Waals surface area contributed by atoms with E-state index in [1.54, 1.807) is 11.0 Å². The Morgan fingerprint density at radius 3 is 2.24 bits per heavy atom. The number of hydrogen-bond acceptors (Lipinski definition) is 3. The van der Waals surface area contributed by atoms with Crippen molar-refractivity contribution < 1.29 is 14.7 Å². The zero-order chi connectivity index (χ0) is 15.4. The molecule has 0 spiro atoms. The second kappa shape index (κ2) is 6.54. The lowest BCUT2D eigenvalue weighted by molar-refractivity contribution is 0.0690. The van der Waals surface area contributed by atoms with Crippen LogP contribution < -0.4 is 0 Å². The lowest BCUT2D eigenvalue weighted by Crippen LogP contribution is -2.35. The fraction of sp³-hybridized carbons (Fsp3) is 0.250. The van der Waals surface area contributed by atoms with Crippen LogP contribution in [0, 0.1) is 0 Å². The van der Waals surface area contributed by atoms with Crippen LogP contribution in [0.25, 0.3) is 0 Å². The molecule has 1 aromatic heterocycles. The predicted molar refractivity (Wildman–Crippen MR) is 82.7 cm³/mol. The van der Waals surface area contributed by atoms with Crippen molar-refractivity contribution >= 4 is 23.2 Å². The van der Waals surface area contributed by atoms with E-state index in [1.807, 2.05) is 44.2 Å². The Balaban J connectivity index is 2.21. The van der Waals surface area contributed by atoms with Crippen LogP contribution >= 0.6 is 11.3 Å². The van der Waals surface area contributed by atoms with E-state index >= 15 is 0 Å². The molecule has 110 valence electrons. The Kier molecular flexibility index (Phi) is 4.75. The van der Waals surface area contributed by atoms with Gasteiger partial charge in [-0.15, -0.1) is 11.3 Å². The molecule has 0 aliphatic carbocycles. The van der Waals surface area contributed by atoms with E-state index in [0.717, 1.165) is 16.9 Å². The molecule has 5 heteroatoms. The van der Waals surface area contributed by atoms with Crippen molar-refractivity contribution in [2.24, 2.45) is 0 Å². The molecule has 1 aromatic carbocycles. The molecule has 0 bridgehead atoms. The van der Waals surface area contributed by atoms with Crippen LogP contribution in [-0.4, -0.2) is 27.9 Å². The van der Waals surface area contributed by atoms with E-state index in [-0.39, 0.29) is 16.8 Å². The van der Waals surface area contributed by atoms with Gasteiger partial charge in [0.05, 0.1) is 4.88 Å². The number of carbonyl (C=O) groups is 2. The van der Waals surface area contributed by atoms with Gasteiger partial charge in [0.1, 0.15) is 4.88 Å². The molecule has 21 heavy (non-hydrogen) atoms. The molecule has 0 unspecified atom stereocenters. The Labute approximate surface area is 127 Å². The second-order valence-electron chi connectivity index (χ2n) is 4.98. The van der Waals surface area contributed by atoms with Crippen LogP contribution in [0.3, 0.4) is 0 Å². The Hall–Kier alpha value is -2.14. The summed E-state index contributed by atoms with van der Waals surface area (Å²) in [7, 11) is 0. The molecule has 1 amide bonds. The first-order valence-corrected chi connectivity index (χ1v) is 7.48. The van der Waals surface area contributed by atoms with Gasteiger partial charge < -0.3 is 10.0 Å². The van der Waals surface area contributed by atoms with E-state index < -0.39 is 5.97 Å². The van der Waals surface area contributed by atoms with Crippen LogP contribution in [0.15, 0.2) is 42.5 Å². The van der Waals surface area contributed by atoms with Gasteiger partial charge in [0.25, 0.3) is 5.91 Å². The van der Waals surface area contributed by atoms with Gasteiger partial charge in [-0.05, 0) is 31.5 Å². The minimum Gasteiger partial charge on any atom is -0.477 e. The molecule has 4 nitrogen and oxygen atoms in total. The van der Waals surface area contributed by atoms with Crippen LogP contribution in [0.4, 0.5) is 0 Å². The molecule has 0 fully saturated rings. The highest BCUT2D eigenvalue weighted by atomic mass is 32.1. The first kappa shape index (κ1) is 15.3. The molecule has 0 radical (unpaired) electrons. The van der Waals surface area contributed by atoms with Gasteiger partial charge in [-0.2, -0.15) is 0 Å². The fourth-order valence-corrected chi connectivity index (χ4v) is 2.78. The van der Waals surface area contributed by atoms with E-state index in [1.165, 1.54) is 6.07 Å². The van der Waals surface area contributed by atoms with Gasteiger partial charge in [-0.1, -0.05) is 30.3 Å². The predicted octanol–water partition coefficient (Wildman–Crippen LogP) is 3.50. The average Bonchev–Trinajstić information content (AvgIpc) is 2.95. The summed E-state index contributed by atoms with van der Waals surface area (Å²) in [5, 5.41) is 8.95. The monoisotopic (exact) mass is 303 g/mol. The highest BCUT2D eigenvalue weighted by Gasteiger charge is 2.21. The Bertz CT molecular complexity index is 634. The highest BCUT2D eigenvalue weighted by Crippen LogP contribution is 2.21. The van der Waals surface area contributed by atoms with Gasteiger partial charge >= 0.3 is 5.97 Å². The molecular formula is C16H17NO3S. The first-order chi connectivity index (χ1) is 9.99. The fourth-order valence-electron chi connectivity index (χ4n) is 1.98. The molecule has 2 rings (SSSR count). The molecular weight excluding hydrogens is 286 g/mol. The third kappa shape index (κ3) is 3.70. The normalized spacial score (nSPS) is 10.6. The lowest BCUT2D eigenvalue weighted by atomic mass is 10.2. The Morgan fingerprint density at radius 2 is 1.71 bits per heavy atom. The summed E-state index contributed by atoms with van der Waals surface area (Å²) >= 11 is 1.01. The number of amides is 1. The topological polar surface area (TPSA) is 57.6 Å². The summed E-state index contributed by atoms with van der Waals surface area (Å²) in [5.41, 5.74) is 1.05. The molecule has 1 heterocycles. The summed E-state index contributed by atoms with van der Waals surface area (Å²) in [6, 6.07) is 12.8. The number of rotatable bonds is 5. The first-order valence-electron chi connectivity index (χ1n) is 6.67. The van der Waals surface area contributed by atoms with E-state index in [2.05, 4.69) is 0 Å². The standard InChI is InChI=1S/C16H17NO3S/c1-11(2)17(10-12-6-4-3-5-7-12)15(18)13-8-9-14(21-13)16(19)20/h3-9,11H,10H2,1-2H3,(H,19,20). The molecule has 0 atom stereocenters. The highest BCUT2D eigenvalue weighted by molar-refractivity contribution is 7.15. The zero-order valence-electron chi connectivity index (χ0n) is 11.9. The van der Waals surface area contributed by atoms with Crippen molar-refractivity contribution in [3.63, 3.8) is 0 Å². The number of aromatic carboxylic acids is 1. The van der Waals surface area contributed by atoms with Crippen molar-refractivity contribution in [1.29, 1.82) is 0 Å². The number of carboxylic acid groups (broad SMARTS) is 1. The maximum Gasteiger partial charge on any atom is 0.345 e. The quantitative estimate of drug-likeness (QED) is 0.919. The van der Waals surface area contributed by atoms with E-state index in [9.17, 15) is 9.59 Å². The van der Waals surface area contributed by atoms with Gasteiger partial charge in [0.15, 0.2) is 0 Å². The van der Waals surface area contributed by atoms with Crippen molar-refractivity contribution in [3.8, 4) is 0 Å². The molecule has 2 aromatic rings. The number of hydrogen-bond donors (Lipinski definition) is 1. The van der Waals surface area contributed by atoms with Crippen molar-refractivity contribution in [3.05, 3.63) is 57.8 Å². The maximum atomic E-state index is 12.6. The molecule has 0 saturated heterocycles.